The Hall–Kier alpha value is -1.42. The van der Waals surface area contributed by atoms with E-state index in [2.05, 4.69) is 13.0 Å². The third-order valence-corrected chi connectivity index (χ3v) is 6.71. The Morgan fingerprint density at radius 3 is 2.50 bits per heavy atom. The average molecular weight is 363 g/mol. The Morgan fingerprint density at radius 2 is 1.92 bits per heavy atom. The van der Waals surface area contributed by atoms with Gasteiger partial charge in [0.25, 0.3) is 0 Å². The molecule has 2 aliphatic carbocycles. The summed E-state index contributed by atoms with van der Waals surface area (Å²) in [6.45, 7) is 11.5. The quantitative estimate of drug-likeness (QED) is 0.585. The Balaban J connectivity index is 2.45. The van der Waals surface area contributed by atoms with Crippen LogP contribution in [-0.2, 0) is 14.3 Å². The molecule has 0 aromatic rings. The molecular formula is C22H34O4. The maximum absolute atomic E-state index is 12.8. The van der Waals surface area contributed by atoms with E-state index in [-0.39, 0.29) is 35.1 Å². The molecule has 0 amide bonds. The highest BCUT2D eigenvalue weighted by Crippen LogP contribution is 2.56. The van der Waals surface area contributed by atoms with E-state index in [9.17, 15) is 14.7 Å². The normalized spacial score (nSPS) is 36.1. The van der Waals surface area contributed by atoms with Crippen LogP contribution in [0.3, 0.4) is 0 Å². The molecule has 2 aliphatic rings. The highest BCUT2D eigenvalue weighted by atomic mass is 16.5. The summed E-state index contributed by atoms with van der Waals surface area (Å²) in [5.74, 6) is -0.187. The lowest BCUT2D eigenvalue weighted by Gasteiger charge is -2.40. The van der Waals surface area contributed by atoms with E-state index in [1.165, 1.54) is 6.92 Å². The maximum atomic E-state index is 12.8. The van der Waals surface area contributed by atoms with Gasteiger partial charge in [0.1, 0.15) is 6.10 Å². The second-order valence-corrected chi connectivity index (χ2v) is 8.85. The molecule has 0 aromatic carbocycles. The van der Waals surface area contributed by atoms with Crippen molar-refractivity contribution >= 4 is 11.8 Å². The van der Waals surface area contributed by atoms with E-state index >= 15 is 0 Å². The number of aliphatic hydroxyl groups is 1. The molecule has 146 valence electrons. The van der Waals surface area contributed by atoms with Gasteiger partial charge in [-0.05, 0) is 55.6 Å². The minimum atomic E-state index is -0.810. The molecule has 0 heterocycles. The molecule has 1 fully saturated rings. The van der Waals surface area contributed by atoms with Crippen molar-refractivity contribution in [3.05, 3.63) is 23.3 Å². The number of rotatable bonds is 2. The van der Waals surface area contributed by atoms with Crippen molar-refractivity contribution < 1.29 is 19.4 Å². The fraction of sp³-hybridized carbons (Fsp3) is 0.727. The van der Waals surface area contributed by atoms with Gasteiger partial charge in [0, 0.05) is 25.7 Å². The second-order valence-electron chi connectivity index (χ2n) is 8.85. The van der Waals surface area contributed by atoms with Gasteiger partial charge in [-0.15, -0.1) is 0 Å². The van der Waals surface area contributed by atoms with Gasteiger partial charge in [0.05, 0.1) is 5.60 Å². The topological polar surface area (TPSA) is 63.6 Å². The van der Waals surface area contributed by atoms with Gasteiger partial charge >= 0.3 is 5.97 Å². The van der Waals surface area contributed by atoms with Gasteiger partial charge in [0.15, 0.2) is 5.78 Å². The fourth-order valence-electron chi connectivity index (χ4n) is 4.59. The number of ether oxygens (including phenoxy) is 1. The number of carbonyl (C=O) groups is 2. The van der Waals surface area contributed by atoms with Crippen LogP contribution < -0.4 is 0 Å². The van der Waals surface area contributed by atoms with Crippen LogP contribution in [0.2, 0.25) is 0 Å². The van der Waals surface area contributed by atoms with Gasteiger partial charge in [-0.3, -0.25) is 9.59 Å². The standard InChI is InChI=1S/C22H34O4/c1-14(2)22(25)12-11-21(6)10-9-16(4)19(26-17(5)23)8-7-15(3)18(24)13-20(21)22/h7,9,14,19-20,25H,8,10-13H2,1-6H3. The molecule has 4 unspecified atom stereocenters. The first-order valence-electron chi connectivity index (χ1n) is 9.76. The number of carbonyl (C=O) groups excluding carboxylic acids is 2. The Morgan fingerprint density at radius 1 is 1.27 bits per heavy atom. The molecule has 0 aromatic heterocycles. The van der Waals surface area contributed by atoms with E-state index in [0.717, 1.165) is 24.8 Å². The molecule has 26 heavy (non-hydrogen) atoms. The molecule has 4 atom stereocenters. The van der Waals surface area contributed by atoms with Crippen LogP contribution in [0, 0.1) is 17.3 Å². The summed E-state index contributed by atoms with van der Waals surface area (Å²) in [7, 11) is 0. The maximum Gasteiger partial charge on any atom is 0.303 e. The molecule has 1 N–H and O–H groups in total. The number of Topliss-reactive ketones (excluding diaryl/α,β-unsaturated/α-hetero) is 1. The summed E-state index contributed by atoms with van der Waals surface area (Å²) in [6, 6.07) is 0. The number of hydrogen-bond donors (Lipinski definition) is 1. The fourth-order valence-corrected chi connectivity index (χ4v) is 4.59. The summed E-state index contributed by atoms with van der Waals surface area (Å²) in [5, 5.41) is 11.4. The van der Waals surface area contributed by atoms with Crippen molar-refractivity contribution in [2.24, 2.45) is 17.3 Å². The number of hydrogen-bond acceptors (Lipinski definition) is 4. The zero-order chi connectivity index (χ0) is 19.7. The second kappa shape index (κ2) is 7.67. The Bertz CT molecular complexity index is 630. The number of allylic oxidation sites excluding steroid dienone is 2. The molecule has 4 heteroatoms. The van der Waals surface area contributed by atoms with E-state index in [1.54, 1.807) is 0 Å². The SMILES string of the molecule is CC(=O)OC1CC=C(C)C(=O)CC2C(C)(CC=C1C)CCC2(O)C(C)C. The molecule has 0 spiro atoms. The van der Waals surface area contributed by atoms with Crippen LogP contribution in [0.25, 0.3) is 0 Å². The van der Waals surface area contributed by atoms with E-state index in [4.69, 9.17) is 4.74 Å². The van der Waals surface area contributed by atoms with Crippen molar-refractivity contribution in [3.8, 4) is 0 Å². The molecular weight excluding hydrogens is 328 g/mol. The lowest BCUT2D eigenvalue weighted by Crippen LogP contribution is -2.44. The predicted octanol–water partition coefficient (Wildman–Crippen LogP) is 4.37. The van der Waals surface area contributed by atoms with E-state index in [1.807, 2.05) is 33.8 Å². The van der Waals surface area contributed by atoms with E-state index < -0.39 is 5.60 Å². The largest absolute Gasteiger partial charge is 0.458 e. The summed E-state index contributed by atoms with van der Waals surface area (Å²) < 4.78 is 5.47. The van der Waals surface area contributed by atoms with Crippen LogP contribution in [0.4, 0.5) is 0 Å². The smallest absolute Gasteiger partial charge is 0.303 e. The Labute approximate surface area is 157 Å². The zero-order valence-electron chi connectivity index (χ0n) is 17.1. The molecule has 0 saturated heterocycles. The van der Waals surface area contributed by atoms with Crippen molar-refractivity contribution in [1.82, 2.24) is 0 Å². The van der Waals surface area contributed by atoms with Crippen molar-refractivity contribution in [3.63, 3.8) is 0 Å². The average Bonchev–Trinajstić information content (AvgIpc) is 2.81. The molecule has 0 aliphatic heterocycles. The monoisotopic (exact) mass is 362 g/mol. The highest BCUT2D eigenvalue weighted by Gasteiger charge is 2.55. The van der Waals surface area contributed by atoms with Crippen LogP contribution in [0.1, 0.15) is 73.6 Å². The third-order valence-electron chi connectivity index (χ3n) is 6.71. The van der Waals surface area contributed by atoms with Gasteiger partial charge in [-0.1, -0.05) is 32.9 Å². The first kappa shape index (κ1) is 20.9. The first-order valence-corrected chi connectivity index (χ1v) is 9.76. The summed E-state index contributed by atoms with van der Waals surface area (Å²) in [5.41, 5.74) is 0.757. The van der Waals surface area contributed by atoms with Crippen molar-refractivity contribution in [2.75, 3.05) is 0 Å². The molecule has 0 radical (unpaired) electrons. The van der Waals surface area contributed by atoms with Gasteiger partial charge in [-0.25, -0.2) is 0 Å². The van der Waals surface area contributed by atoms with Gasteiger partial charge in [-0.2, -0.15) is 0 Å². The molecule has 1 saturated carbocycles. The lowest BCUT2D eigenvalue weighted by molar-refractivity contribution is -0.144. The predicted molar refractivity (Wildman–Crippen MR) is 103 cm³/mol. The van der Waals surface area contributed by atoms with E-state index in [0.29, 0.717) is 18.4 Å². The lowest BCUT2D eigenvalue weighted by atomic mass is 9.67. The Kier molecular flexibility index (Phi) is 6.17. The highest BCUT2D eigenvalue weighted by molar-refractivity contribution is 5.95. The number of esters is 1. The number of ketones is 1. The summed E-state index contributed by atoms with van der Waals surface area (Å²) in [4.78, 5) is 24.3. The molecule has 4 nitrogen and oxygen atoms in total. The minimum Gasteiger partial charge on any atom is -0.458 e. The summed E-state index contributed by atoms with van der Waals surface area (Å²) in [6.07, 6.45) is 6.97. The zero-order valence-corrected chi connectivity index (χ0v) is 17.1. The van der Waals surface area contributed by atoms with Crippen molar-refractivity contribution in [1.29, 1.82) is 0 Å². The van der Waals surface area contributed by atoms with Crippen molar-refractivity contribution in [2.45, 2.75) is 85.4 Å². The van der Waals surface area contributed by atoms with Crippen LogP contribution in [0.15, 0.2) is 23.3 Å². The first-order chi connectivity index (χ1) is 12.0. The number of fused-ring (bicyclic) bond motifs is 1. The van der Waals surface area contributed by atoms with Crippen LogP contribution in [0.5, 0.6) is 0 Å². The molecule has 0 bridgehead atoms. The minimum absolute atomic E-state index is 0.0693. The van der Waals surface area contributed by atoms with Crippen LogP contribution in [-0.4, -0.2) is 28.6 Å². The van der Waals surface area contributed by atoms with Gasteiger partial charge < -0.3 is 9.84 Å². The van der Waals surface area contributed by atoms with Gasteiger partial charge in [0.2, 0.25) is 0 Å². The summed E-state index contributed by atoms with van der Waals surface area (Å²) >= 11 is 0. The third kappa shape index (κ3) is 4.11. The molecule has 2 rings (SSSR count). The van der Waals surface area contributed by atoms with Crippen LogP contribution >= 0.6 is 0 Å².